The Labute approximate surface area is 95.1 Å². The van der Waals surface area contributed by atoms with Gasteiger partial charge >= 0.3 is 0 Å². The summed E-state index contributed by atoms with van der Waals surface area (Å²) in [5.74, 6) is -0.320. The summed E-state index contributed by atoms with van der Waals surface area (Å²) < 4.78 is 13.6. The van der Waals surface area contributed by atoms with Crippen LogP contribution in [0.15, 0.2) is 24.3 Å². The first-order valence-corrected chi connectivity index (χ1v) is 5.60. The van der Waals surface area contributed by atoms with Gasteiger partial charge in [-0.15, -0.1) is 0 Å². The smallest absolute Gasteiger partial charge is 0.127 e. The monoisotopic (exact) mass is 221 g/mol. The molecule has 0 bridgehead atoms. The summed E-state index contributed by atoms with van der Waals surface area (Å²) in [4.78, 5) is 13.3. The molecule has 0 aliphatic carbocycles. The van der Waals surface area contributed by atoms with Gasteiger partial charge in [0.15, 0.2) is 0 Å². The second-order valence-corrected chi connectivity index (χ2v) is 4.49. The van der Waals surface area contributed by atoms with Gasteiger partial charge in [-0.05, 0) is 37.6 Å². The predicted octanol–water partition coefficient (Wildman–Crippen LogP) is 2.06. The molecule has 2 atom stereocenters. The predicted molar refractivity (Wildman–Crippen MR) is 60.8 cm³/mol. The van der Waals surface area contributed by atoms with Gasteiger partial charge < -0.3 is 9.69 Å². The molecule has 1 heterocycles. The van der Waals surface area contributed by atoms with Crippen LogP contribution in [0.25, 0.3) is 0 Å². The number of likely N-dealkylation sites (tertiary alicyclic amines) is 1. The average Bonchev–Trinajstić information content (AvgIpc) is 2.69. The van der Waals surface area contributed by atoms with Crippen molar-refractivity contribution in [3.05, 3.63) is 35.6 Å². The number of aldehydes is 1. The number of carbonyl (C=O) groups is 1. The molecule has 2 unspecified atom stereocenters. The van der Waals surface area contributed by atoms with Gasteiger partial charge in [0.25, 0.3) is 0 Å². The Morgan fingerprint density at radius 3 is 2.81 bits per heavy atom. The van der Waals surface area contributed by atoms with Crippen molar-refractivity contribution in [1.29, 1.82) is 0 Å². The summed E-state index contributed by atoms with van der Waals surface area (Å²) >= 11 is 0. The molecule has 3 heteroatoms. The SMILES string of the molecule is CN1CCC(C(C=O)c2ccccc2F)C1. The highest BCUT2D eigenvalue weighted by atomic mass is 19.1. The second kappa shape index (κ2) is 4.74. The van der Waals surface area contributed by atoms with Crippen LogP contribution in [-0.4, -0.2) is 31.3 Å². The van der Waals surface area contributed by atoms with E-state index in [4.69, 9.17) is 0 Å². The summed E-state index contributed by atoms with van der Waals surface area (Å²) in [7, 11) is 2.03. The van der Waals surface area contributed by atoms with Gasteiger partial charge in [-0.3, -0.25) is 0 Å². The van der Waals surface area contributed by atoms with Gasteiger partial charge in [0.1, 0.15) is 12.1 Å². The minimum absolute atomic E-state index is 0.249. The zero-order valence-corrected chi connectivity index (χ0v) is 9.40. The molecular weight excluding hydrogens is 205 g/mol. The van der Waals surface area contributed by atoms with Gasteiger partial charge in [-0.1, -0.05) is 18.2 Å². The molecular formula is C13H16FNO. The van der Waals surface area contributed by atoms with Crippen molar-refractivity contribution in [2.24, 2.45) is 5.92 Å². The van der Waals surface area contributed by atoms with Crippen LogP contribution in [0.5, 0.6) is 0 Å². The van der Waals surface area contributed by atoms with Crippen LogP contribution in [0.1, 0.15) is 17.9 Å². The Bertz CT molecular complexity index is 380. The second-order valence-electron chi connectivity index (χ2n) is 4.49. The average molecular weight is 221 g/mol. The molecule has 1 aromatic carbocycles. The molecule has 86 valence electrons. The number of halogens is 1. The van der Waals surface area contributed by atoms with Gasteiger partial charge in [0.2, 0.25) is 0 Å². The van der Waals surface area contributed by atoms with E-state index in [1.807, 2.05) is 7.05 Å². The fraction of sp³-hybridized carbons (Fsp3) is 0.462. The summed E-state index contributed by atoms with van der Waals surface area (Å²) in [6, 6.07) is 6.58. The molecule has 1 saturated heterocycles. The summed E-state index contributed by atoms with van der Waals surface area (Å²) in [5, 5.41) is 0. The fourth-order valence-electron chi connectivity index (χ4n) is 2.45. The van der Waals surface area contributed by atoms with E-state index < -0.39 is 0 Å². The van der Waals surface area contributed by atoms with Gasteiger partial charge in [0, 0.05) is 12.5 Å². The normalized spacial score (nSPS) is 23.2. The van der Waals surface area contributed by atoms with Crippen molar-refractivity contribution in [2.75, 3.05) is 20.1 Å². The number of hydrogen-bond acceptors (Lipinski definition) is 2. The lowest BCUT2D eigenvalue weighted by molar-refractivity contribution is -0.110. The van der Waals surface area contributed by atoms with E-state index in [1.165, 1.54) is 6.07 Å². The molecule has 0 saturated carbocycles. The van der Waals surface area contributed by atoms with Gasteiger partial charge in [0.05, 0.1) is 0 Å². The fourth-order valence-corrected chi connectivity index (χ4v) is 2.45. The van der Waals surface area contributed by atoms with E-state index in [2.05, 4.69) is 4.90 Å². The highest BCUT2D eigenvalue weighted by molar-refractivity contribution is 5.63. The first-order valence-electron chi connectivity index (χ1n) is 5.60. The van der Waals surface area contributed by atoms with E-state index in [9.17, 15) is 9.18 Å². The third-order valence-corrected chi connectivity index (χ3v) is 3.35. The maximum Gasteiger partial charge on any atom is 0.127 e. The molecule has 0 spiro atoms. The van der Waals surface area contributed by atoms with Crippen LogP contribution in [0, 0.1) is 11.7 Å². The first kappa shape index (κ1) is 11.3. The van der Waals surface area contributed by atoms with Gasteiger partial charge in [-0.2, -0.15) is 0 Å². The molecule has 1 aliphatic rings. The molecule has 2 nitrogen and oxygen atoms in total. The number of nitrogens with zero attached hydrogens (tertiary/aromatic N) is 1. The Morgan fingerprint density at radius 2 is 2.25 bits per heavy atom. The molecule has 0 radical (unpaired) electrons. The summed E-state index contributed by atoms with van der Waals surface area (Å²) in [5.41, 5.74) is 0.540. The van der Waals surface area contributed by atoms with Crippen molar-refractivity contribution in [2.45, 2.75) is 12.3 Å². The summed E-state index contributed by atoms with van der Waals surface area (Å²) in [6.07, 6.45) is 1.86. The number of rotatable bonds is 3. The lowest BCUT2D eigenvalue weighted by Crippen LogP contribution is -2.20. The molecule has 0 N–H and O–H groups in total. The van der Waals surface area contributed by atoms with Crippen molar-refractivity contribution in [3.63, 3.8) is 0 Å². The van der Waals surface area contributed by atoms with E-state index >= 15 is 0 Å². The lowest BCUT2D eigenvalue weighted by Gasteiger charge is -2.18. The van der Waals surface area contributed by atoms with Crippen LogP contribution < -0.4 is 0 Å². The molecule has 1 aromatic rings. The largest absolute Gasteiger partial charge is 0.306 e. The minimum atomic E-state index is -0.300. The van der Waals surface area contributed by atoms with E-state index in [0.29, 0.717) is 5.56 Å². The van der Waals surface area contributed by atoms with E-state index in [1.54, 1.807) is 18.2 Å². The van der Waals surface area contributed by atoms with Crippen LogP contribution in [0.2, 0.25) is 0 Å². The van der Waals surface area contributed by atoms with Crippen molar-refractivity contribution >= 4 is 6.29 Å². The Balaban J connectivity index is 2.23. The van der Waals surface area contributed by atoms with Crippen molar-refractivity contribution in [1.82, 2.24) is 4.90 Å². The zero-order valence-electron chi connectivity index (χ0n) is 9.40. The maximum atomic E-state index is 13.6. The molecule has 0 amide bonds. The first-order chi connectivity index (χ1) is 7.72. The highest BCUT2D eigenvalue weighted by Gasteiger charge is 2.29. The topological polar surface area (TPSA) is 20.3 Å². The maximum absolute atomic E-state index is 13.6. The molecule has 1 aliphatic heterocycles. The number of benzene rings is 1. The van der Waals surface area contributed by atoms with Gasteiger partial charge in [-0.25, -0.2) is 4.39 Å². The van der Waals surface area contributed by atoms with Crippen LogP contribution in [0.4, 0.5) is 4.39 Å². The molecule has 16 heavy (non-hydrogen) atoms. The third-order valence-electron chi connectivity index (χ3n) is 3.35. The van der Waals surface area contributed by atoms with Crippen LogP contribution in [-0.2, 0) is 4.79 Å². The van der Waals surface area contributed by atoms with Crippen LogP contribution >= 0.6 is 0 Å². The van der Waals surface area contributed by atoms with Crippen molar-refractivity contribution in [3.8, 4) is 0 Å². The quantitative estimate of drug-likeness (QED) is 0.728. The molecule has 1 fully saturated rings. The molecule has 0 aromatic heterocycles. The van der Waals surface area contributed by atoms with Crippen LogP contribution in [0.3, 0.4) is 0 Å². The highest BCUT2D eigenvalue weighted by Crippen LogP contribution is 2.31. The number of hydrogen-bond donors (Lipinski definition) is 0. The molecule has 2 rings (SSSR count). The number of carbonyl (C=O) groups excluding carboxylic acids is 1. The van der Waals surface area contributed by atoms with Crippen molar-refractivity contribution < 1.29 is 9.18 Å². The standard InChI is InChI=1S/C13H16FNO/c1-15-7-6-10(8-15)12(9-16)11-4-2-3-5-13(11)14/h2-5,9-10,12H,6-8H2,1H3. The zero-order chi connectivity index (χ0) is 11.5. The minimum Gasteiger partial charge on any atom is -0.306 e. The Kier molecular flexibility index (Phi) is 3.34. The van der Waals surface area contributed by atoms with E-state index in [0.717, 1.165) is 25.8 Å². The Hall–Kier alpha value is -1.22. The van der Waals surface area contributed by atoms with E-state index in [-0.39, 0.29) is 17.7 Å². The third kappa shape index (κ3) is 2.14. The Morgan fingerprint density at radius 1 is 1.50 bits per heavy atom. The lowest BCUT2D eigenvalue weighted by atomic mass is 9.86. The summed E-state index contributed by atoms with van der Waals surface area (Å²) in [6.45, 7) is 1.86.